The lowest BCUT2D eigenvalue weighted by Gasteiger charge is -2.07. The minimum absolute atomic E-state index is 0.187. The standard InChI is InChI=1S/C9H22N2O/c10-7-4-2-1-3-5-9(12)6-8-11/h9,12H,1-8,10-11H2. The summed E-state index contributed by atoms with van der Waals surface area (Å²) >= 11 is 0. The van der Waals surface area contributed by atoms with Crippen molar-refractivity contribution in [3.63, 3.8) is 0 Å². The second-order valence-corrected chi connectivity index (χ2v) is 3.22. The fourth-order valence-electron chi connectivity index (χ4n) is 1.21. The van der Waals surface area contributed by atoms with Crippen LogP contribution in [0.25, 0.3) is 0 Å². The van der Waals surface area contributed by atoms with Crippen LogP contribution in [0.4, 0.5) is 0 Å². The minimum atomic E-state index is -0.187. The normalized spacial score (nSPS) is 13.2. The van der Waals surface area contributed by atoms with Crippen LogP contribution in [-0.2, 0) is 0 Å². The summed E-state index contributed by atoms with van der Waals surface area (Å²) in [6, 6.07) is 0. The zero-order valence-electron chi connectivity index (χ0n) is 7.84. The van der Waals surface area contributed by atoms with Gasteiger partial charge in [-0.1, -0.05) is 19.3 Å². The van der Waals surface area contributed by atoms with Gasteiger partial charge in [-0.05, 0) is 32.4 Å². The van der Waals surface area contributed by atoms with Crippen molar-refractivity contribution in [3.05, 3.63) is 0 Å². The molecule has 0 amide bonds. The molecule has 1 atom stereocenters. The summed E-state index contributed by atoms with van der Waals surface area (Å²) in [6.07, 6.45) is 6.00. The van der Waals surface area contributed by atoms with E-state index in [1.807, 2.05) is 0 Å². The summed E-state index contributed by atoms with van der Waals surface area (Å²) in [6.45, 7) is 1.37. The molecule has 74 valence electrons. The zero-order chi connectivity index (χ0) is 9.23. The van der Waals surface area contributed by atoms with Gasteiger partial charge in [0, 0.05) is 0 Å². The molecule has 0 heterocycles. The van der Waals surface area contributed by atoms with Crippen LogP contribution in [0.2, 0.25) is 0 Å². The lowest BCUT2D eigenvalue weighted by atomic mass is 10.1. The van der Waals surface area contributed by atoms with E-state index in [4.69, 9.17) is 11.5 Å². The molecule has 0 bridgehead atoms. The largest absolute Gasteiger partial charge is 0.393 e. The van der Waals surface area contributed by atoms with E-state index in [1.54, 1.807) is 0 Å². The predicted molar refractivity (Wildman–Crippen MR) is 51.8 cm³/mol. The highest BCUT2D eigenvalue weighted by atomic mass is 16.3. The topological polar surface area (TPSA) is 72.3 Å². The average Bonchev–Trinajstić information content (AvgIpc) is 2.05. The van der Waals surface area contributed by atoms with E-state index in [9.17, 15) is 5.11 Å². The Morgan fingerprint density at radius 2 is 1.50 bits per heavy atom. The van der Waals surface area contributed by atoms with E-state index >= 15 is 0 Å². The number of nitrogens with two attached hydrogens (primary N) is 2. The molecular formula is C9H22N2O. The Kier molecular flexibility index (Phi) is 8.88. The fraction of sp³-hybridized carbons (Fsp3) is 1.00. The Bertz CT molecular complexity index is 88.6. The van der Waals surface area contributed by atoms with E-state index in [0.717, 1.165) is 32.2 Å². The van der Waals surface area contributed by atoms with E-state index in [1.165, 1.54) is 12.8 Å². The molecule has 0 aromatic rings. The third kappa shape index (κ3) is 7.98. The molecule has 12 heavy (non-hydrogen) atoms. The first kappa shape index (κ1) is 11.9. The van der Waals surface area contributed by atoms with Gasteiger partial charge in [0.1, 0.15) is 0 Å². The summed E-state index contributed by atoms with van der Waals surface area (Å²) in [5, 5.41) is 9.30. The summed E-state index contributed by atoms with van der Waals surface area (Å²) < 4.78 is 0. The van der Waals surface area contributed by atoms with E-state index < -0.39 is 0 Å². The Balaban J connectivity index is 2.97. The predicted octanol–water partition coefficient (Wildman–Crippen LogP) is 0.605. The molecule has 3 heteroatoms. The SMILES string of the molecule is NCCCCCCC(O)CCN. The molecule has 0 rings (SSSR count). The number of hydrogen-bond acceptors (Lipinski definition) is 3. The Morgan fingerprint density at radius 1 is 0.833 bits per heavy atom. The first-order valence-corrected chi connectivity index (χ1v) is 4.89. The van der Waals surface area contributed by atoms with Crippen molar-refractivity contribution in [2.24, 2.45) is 11.5 Å². The van der Waals surface area contributed by atoms with Crippen LogP contribution in [0.5, 0.6) is 0 Å². The van der Waals surface area contributed by atoms with Gasteiger partial charge in [-0.25, -0.2) is 0 Å². The summed E-state index contributed by atoms with van der Waals surface area (Å²) in [5.74, 6) is 0. The molecule has 0 saturated heterocycles. The number of hydrogen-bond donors (Lipinski definition) is 3. The second-order valence-electron chi connectivity index (χ2n) is 3.22. The number of unbranched alkanes of at least 4 members (excludes halogenated alkanes) is 3. The van der Waals surface area contributed by atoms with E-state index in [-0.39, 0.29) is 6.10 Å². The van der Waals surface area contributed by atoms with Crippen LogP contribution in [0.1, 0.15) is 38.5 Å². The Hall–Kier alpha value is -0.120. The molecule has 0 aromatic carbocycles. The smallest absolute Gasteiger partial charge is 0.0552 e. The molecule has 0 aliphatic heterocycles. The Labute approximate surface area is 75.1 Å². The highest BCUT2D eigenvalue weighted by molar-refractivity contribution is 4.56. The van der Waals surface area contributed by atoms with Crippen LogP contribution in [0, 0.1) is 0 Å². The van der Waals surface area contributed by atoms with Crippen LogP contribution < -0.4 is 11.5 Å². The van der Waals surface area contributed by atoms with Gasteiger partial charge in [-0.3, -0.25) is 0 Å². The van der Waals surface area contributed by atoms with Gasteiger partial charge in [-0.15, -0.1) is 0 Å². The summed E-state index contributed by atoms with van der Waals surface area (Å²) in [4.78, 5) is 0. The van der Waals surface area contributed by atoms with Gasteiger partial charge in [0.05, 0.1) is 6.10 Å². The van der Waals surface area contributed by atoms with Gasteiger partial charge >= 0.3 is 0 Å². The zero-order valence-corrected chi connectivity index (χ0v) is 7.84. The molecule has 0 spiro atoms. The monoisotopic (exact) mass is 174 g/mol. The quantitative estimate of drug-likeness (QED) is 0.472. The van der Waals surface area contributed by atoms with Crippen LogP contribution in [-0.4, -0.2) is 24.3 Å². The van der Waals surface area contributed by atoms with Gasteiger partial charge in [0.2, 0.25) is 0 Å². The van der Waals surface area contributed by atoms with Crippen molar-refractivity contribution < 1.29 is 5.11 Å². The molecule has 0 saturated carbocycles. The van der Waals surface area contributed by atoms with Gasteiger partial charge in [0.15, 0.2) is 0 Å². The number of rotatable bonds is 8. The van der Waals surface area contributed by atoms with Crippen molar-refractivity contribution >= 4 is 0 Å². The fourth-order valence-corrected chi connectivity index (χ4v) is 1.21. The first-order valence-electron chi connectivity index (χ1n) is 4.89. The summed E-state index contributed by atoms with van der Waals surface area (Å²) in [7, 11) is 0. The number of aliphatic hydroxyl groups is 1. The maximum atomic E-state index is 9.30. The highest BCUT2D eigenvalue weighted by Gasteiger charge is 2.01. The van der Waals surface area contributed by atoms with Crippen molar-refractivity contribution in [2.75, 3.05) is 13.1 Å². The van der Waals surface area contributed by atoms with Crippen LogP contribution in [0.15, 0.2) is 0 Å². The number of aliphatic hydroxyl groups excluding tert-OH is 1. The molecular weight excluding hydrogens is 152 g/mol. The van der Waals surface area contributed by atoms with Gasteiger partial charge < -0.3 is 16.6 Å². The third-order valence-electron chi connectivity index (χ3n) is 1.99. The minimum Gasteiger partial charge on any atom is -0.393 e. The van der Waals surface area contributed by atoms with E-state index in [0.29, 0.717) is 6.54 Å². The maximum absolute atomic E-state index is 9.30. The molecule has 5 N–H and O–H groups in total. The maximum Gasteiger partial charge on any atom is 0.0552 e. The molecule has 0 radical (unpaired) electrons. The molecule has 0 fully saturated rings. The molecule has 1 unspecified atom stereocenters. The van der Waals surface area contributed by atoms with Crippen molar-refractivity contribution in [2.45, 2.75) is 44.6 Å². The highest BCUT2D eigenvalue weighted by Crippen LogP contribution is 2.06. The van der Waals surface area contributed by atoms with Crippen molar-refractivity contribution in [1.29, 1.82) is 0 Å². The van der Waals surface area contributed by atoms with E-state index in [2.05, 4.69) is 0 Å². The third-order valence-corrected chi connectivity index (χ3v) is 1.99. The average molecular weight is 174 g/mol. The lowest BCUT2D eigenvalue weighted by molar-refractivity contribution is 0.153. The van der Waals surface area contributed by atoms with Crippen LogP contribution in [0.3, 0.4) is 0 Å². The second kappa shape index (κ2) is 8.97. The van der Waals surface area contributed by atoms with Crippen LogP contribution >= 0.6 is 0 Å². The molecule has 0 aliphatic rings. The Morgan fingerprint density at radius 3 is 2.08 bits per heavy atom. The van der Waals surface area contributed by atoms with Crippen molar-refractivity contribution in [1.82, 2.24) is 0 Å². The molecule has 3 nitrogen and oxygen atoms in total. The van der Waals surface area contributed by atoms with Gasteiger partial charge in [0.25, 0.3) is 0 Å². The molecule has 0 aliphatic carbocycles. The first-order chi connectivity index (χ1) is 5.81. The summed E-state index contributed by atoms with van der Waals surface area (Å²) in [5.41, 5.74) is 10.7. The lowest BCUT2D eigenvalue weighted by Crippen LogP contribution is -2.13. The van der Waals surface area contributed by atoms with Crippen molar-refractivity contribution in [3.8, 4) is 0 Å². The molecule has 0 aromatic heterocycles. The van der Waals surface area contributed by atoms with Gasteiger partial charge in [-0.2, -0.15) is 0 Å².